The maximum atomic E-state index is 10.5. The molecule has 0 aromatic rings. The fourth-order valence-electron chi connectivity index (χ4n) is 1.07. The Morgan fingerprint density at radius 3 is 1.65 bits per heavy atom. The Kier molecular flexibility index (Phi) is 8.06. The molecule has 0 aliphatic carbocycles. The molecule has 1 rings (SSSR count). The molecule has 10 nitrogen and oxygen atoms in total. The number of rotatable bonds is 5. The van der Waals surface area contributed by atoms with Crippen LogP contribution in [0, 0.1) is 0 Å². The van der Waals surface area contributed by atoms with Crippen LogP contribution in [0.15, 0.2) is 11.5 Å². The van der Waals surface area contributed by atoms with Gasteiger partial charge >= 0.3 is 5.97 Å². The van der Waals surface area contributed by atoms with Gasteiger partial charge in [0.1, 0.15) is 18.3 Å². The number of cyclic esters (lactones) is 1. The highest BCUT2D eigenvalue weighted by Crippen LogP contribution is 2.20. The molecule has 0 saturated carbocycles. The quantitative estimate of drug-likeness (QED) is 0.234. The molecule has 118 valence electrons. The normalized spacial score (nSPS) is 22.7. The molecule has 4 atom stereocenters. The molecule has 8 N–H and O–H groups in total. The van der Waals surface area contributed by atoms with Crippen LogP contribution in [0.1, 0.15) is 0 Å². The van der Waals surface area contributed by atoms with Crippen molar-refractivity contribution in [3.63, 3.8) is 0 Å². The van der Waals surface area contributed by atoms with Crippen LogP contribution >= 0.6 is 0 Å². The van der Waals surface area contributed by atoms with Gasteiger partial charge in [0.15, 0.2) is 11.9 Å². The van der Waals surface area contributed by atoms with Gasteiger partial charge in [0.25, 0.3) is 0 Å². The second-order valence-electron chi connectivity index (χ2n) is 3.81. The topological polar surface area (TPSA) is 188 Å². The summed E-state index contributed by atoms with van der Waals surface area (Å²) in [6, 6.07) is 0. The minimum Gasteiger partial charge on any atom is -0.505 e. The van der Waals surface area contributed by atoms with Crippen LogP contribution in [0.2, 0.25) is 0 Å². The summed E-state index contributed by atoms with van der Waals surface area (Å²) in [6.07, 6.45) is -5.22. The first-order valence-corrected chi connectivity index (χ1v) is 5.49. The van der Waals surface area contributed by atoms with Crippen LogP contribution in [0.25, 0.3) is 0 Å². The molecule has 0 unspecified atom stereocenters. The maximum Gasteiger partial charge on any atom is 0.377 e. The second-order valence-corrected chi connectivity index (χ2v) is 3.81. The van der Waals surface area contributed by atoms with Crippen molar-refractivity contribution in [1.29, 1.82) is 0 Å². The zero-order chi connectivity index (χ0) is 15.9. The highest BCUT2D eigenvalue weighted by molar-refractivity contribution is 5.89. The third kappa shape index (κ3) is 4.92. The number of hydrogen-bond donors (Lipinski definition) is 8. The zero-order valence-corrected chi connectivity index (χ0v) is 10.3. The minimum absolute atomic E-state index is 0.526. The zero-order valence-electron chi connectivity index (χ0n) is 10.3. The molecule has 0 aromatic heterocycles. The Bertz CT molecular complexity index is 333. The summed E-state index contributed by atoms with van der Waals surface area (Å²) in [7, 11) is 0. The lowest BCUT2D eigenvalue weighted by Gasteiger charge is -2.13. The smallest absolute Gasteiger partial charge is 0.377 e. The van der Waals surface area contributed by atoms with E-state index in [4.69, 9.17) is 40.9 Å². The first kappa shape index (κ1) is 18.6. The molecule has 0 radical (unpaired) electrons. The second kappa shape index (κ2) is 8.68. The van der Waals surface area contributed by atoms with Gasteiger partial charge in [-0.1, -0.05) is 0 Å². The highest BCUT2D eigenvalue weighted by Gasteiger charge is 2.38. The molecular weight excluding hydrogens is 280 g/mol. The lowest BCUT2D eigenvalue weighted by atomic mass is 10.2. The van der Waals surface area contributed by atoms with Gasteiger partial charge < -0.3 is 45.6 Å². The van der Waals surface area contributed by atoms with Gasteiger partial charge in [-0.05, 0) is 0 Å². The molecule has 1 heterocycles. The van der Waals surface area contributed by atoms with E-state index in [0.717, 1.165) is 0 Å². The minimum atomic E-state index is -1.42. The van der Waals surface area contributed by atoms with Crippen LogP contribution in [-0.2, 0) is 9.53 Å². The maximum absolute atomic E-state index is 10.5. The fourth-order valence-corrected chi connectivity index (χ4v) is 1.07. The van der Waals surface area contributed by atoms with Crippen molar-refractivity contribution in [3.05, 3.63) is 11.5 Å². The van der Waals surface area contributed by atoms with E-state index >= 15 is 0 Å². The molecule has 0 bridgehead atoms. The monoisotopic (exact) mass is 298 g/mol. The van der Waals surface area contributed by atoms with Gasteiger partial charge in [0.2, 0.25) is 5.76 Å². The SMILES string of the molecule is O=C1O[C@H]([C@@H](O)CO)C(O)=C1O.OC[C@@H](O)[C@@H](O)CO. The van der Waals surface area contributed by atoms with Gasteiger partial charge in [0.05, 0.1) is 19.8 Å². The van der Waals surface area contributed by atoms with Gasteiger partial charge in [-0.3, -0.25) is 0 Å². The molecule has 1 aliphatic heterocycles. The number of aliphatic hydroxyl groups excluding tert-OH is 8. The number of ether oxygens (including phenoxy) is 1. The molecule has 10 heteroatoms. The van der Waals surface area contributed by atoms with E-state index in [1.165, 1.54) is 0 Å². The predicted molar refractivity (Wildman–Crippen MR) is 61.4 cm³/mol. The molecule has 1 aliphatic rings. The van der Waals surface area contributed by atoms with E-state index in [1.54, 1.807) is 0 Å². The number of carbonyl (C=O) groups excluding carboxylic acids is 1. The Labute approximate surface area is 113 Å². The average Bonchev–Trinajstić information content (AvgIpc) is 2.72. The number of hydrogen-bond acceptors (Lipinski definition) is 10. The summed E-state index contributed by atoms with van der Waals surface area (Å²) in [5, 5.41) is 68.2. The van der Waals surface area contributed by atoms with Gasteiger partial charge in [0, 0.05) is 0 Å². The third-order valence-electron chi connectivity index (χ3n) is 2.29. The first-order valence-electron chi connectivity index (χ1n) is 5.49. The van der Waals surface area contributed by atoms with E-state index in [9.17, 15) is 4.79 Å². The van der Waals surface area contributed by atoms with E-state index in [1.807, 2.05) is 0 Å². The van der Waals surface area contributed by atoms with E-state index in [-0.39, 0.29) is 0 Å². The summed E-state index contributed by atoms with van der Waals surface area (Å²) >= 11 is 0. The van der Waals surface area contributed by atoms with Crippen molar-refractivity contribution in [2.45, 2.75) is 24.4 Å². The van der Waals surface area contributed by atoms with Gasteiger partial charge in [-0.15, -0.1) is 0 Å². The Hall–Kier alpha value is -1.43. The van der Waals surface area contributed by atoms with Gasteiger partial charge in [-0.25, -0.2) is 4.79 Å². The van der Waals surface area contributed by atoms with Crippen molar-refractivity contribution in [2.75, 3.05) is 19.8 Å². The Morgan fingerprint density at radius 1 is 0.950 bits per heavy atom. The average molecular weight is 298 g/mol. The molecule has 0 saturated heterocycles. The summed E-state index contributed by atoms with van der Waals surface area (Å²) in [4.78, 5) is 10.5. The van der Waals surface area contributed by atoms with Crippen LogP contribution in [0.5, 0.6) is 0 Å². The molecular formula is C10H18O10. The Morgan fingerprint density at radius 2 is 1.40 bits per heavy atom. The lowest BCUT2D eigenvalue weighted by molar-refractivity contribution is -0.147. The molecule has 0 amide bonds. The van der Waals surface area contributed by atoms with Crippen molar-refractivity contribution in [2.24, 2.45) is 0 Å². The first-order chi connectivity index (χ1) is 9.29. The molecule has 0 spiro atoms. The third-order valence-corrected chi connectivity index (χ3v) is 2.29. The molecule has 0 aromatic carbocycles. The summed E-state index contributed by atoms with van der Waals surface area (Å²) < 4.78 is 4.32. The summed E-state index contributed by atoms with van der Waals surface area (Å²) in [6.45, 7) is -1.72. The summed E-state index contributed by atoms with van der Waals surface area (Å²) in [5.41, 5.74) is 0. The van der Waals surface area contributed by atoms with Crippen LogP contribution in [-0.4, -0.2) is 91.1 Å². The van der Waals surface area contributed by atoms with Crippen LogP contribution in [0.3, 0.4) is 0 Å². The van der Waals surface area contributed by atoms with E-state index in [2.05, 4.69) is 4.74 Å². The number of aliphatic hydroxyl groups is 8. The van der Waals surface area contributed by atoms with Crippen molar-refractivity contribution >= 4 is 5.97 Å². The molecule has 0 fully saturated rings. The molecule has 20 heavy (non-hydrogen) atoms. The number of carbonyl (C=O) groups is 1. The van der Waals surface area contributed by atoms with Gasteiger partial charge in [-0.2, -0.15) is 0 Å². The standard InChI is InChI=1S/C6H8O6.C4H10O4/c7-1-2(8)5-3(9)4(10)6(11)12-5;5-1-3(7)4(8)2-6/h2,5,7-10H,1H2;3-8H,1-2H2/t2-,5+;3-,4+/m0./s1. The Balaban J connectivity index is 0.000000396. The highest BCUT2D eigenvalue weighted by atomic mass is 16.6. The van der Waals surface area contributed by atoms with Crippen LogP contribution in [0.4, 0.5) is 0 Å². The van der Waals surface area contributed by atoms with E-state index in [0.29, 0.717) is 0 Å². The predicted octanol–water partition coefficient (Wildman–Crippen LogP) is -3.71. The largest absolute Gasteiger partial charge is 0.505 e. The van der Waals surface area contributed by atoms with E-state index < -0.39 is 61.7 Å². The lowest BCUT2D eigenvalue weighted by Crippen LogP contribution is -2.31. The summed E-state index contributed by atoms with van der Waals surface area (Å²) in [5.74, 6) is -2.78. The fraction of sp³-hybridized carbons (Fsp3) is 0.700. The number of esters is 1. The van der Waals surface area contributed by atoms with Crippen molar-refractivity contribution in [1.82, 2.24) is 0 Å². The van der Waals surface area contributed by atoms with Crippen LogP contribution < -0.4 is 0 Å². The van der Waals surface area contributed by atoms with Crippen molar-refractivity contribution < 1.29 is 50.4 Å². The van der Waals surface area contributed by atoms with Crippen molar-refractivity contribution in [3.8, 4) is 0 Å².